The molecule has 118 valence electrons. The summed E-state index contributed by atoms with van der Waals surface area (Å²) in [6, 6.07) is 1.55. The second-order valence-electron chi connectivity index (χ2n) is 8.24. The predicted octanol–water partition coefficient (Wildman–Crippen LogP) is 5.54. The van der Waals surface area contributed by atoms with Gasteiger partial charge in [-0.2, -0.15) is 0 Å². The van der Waals surface area contributed by atoms with Gasteiger partial charge in [-0.1, -0.05) is 46.5 Å². The van der Waals surface area contributed by atoms with Crippen molar-refractivity contribution in [1.82, 2.24) is 5.32 Å². The van der Waals surface area contributed by atoms with Crippen molar-refractivity contribution in [3.05, 3.63) is 0 Å². The van der Waals surface area contributed by atoms with Crippen molar-refractivity contribution in [3.8, 4) is 0 Å². The minimum atomic E-state index is 0.556. The van der Waals surface area contributed by atoms with E-state index in [9.17, 15) is 0 Å². The quantitative estimate of drug-likeness (QED) is 0.696. The molecule has 2 aliphatic rings. The van der Waals surface area contributed by atoms with E-state index in [1.807, 2.05) is 0 Å². The van der Waals surface area contributed by atoms with Crippen molar-refractivity contribution in [3.63, 3.8) is 0 Å². The van der Waals surface area contributed by atoms with E-state index in [0.29, 0.717) is 5.41 Å². The Morgan fingerprint density at radius 1 is 0.950 bits per heavy atom. The van der Waals surface area contributed by atoms with Crippen molar-refractivity contribution >= 4 is 0 Å². The third-order valence-electron chi connectivity index (χ3n) is 6.60. The molecule has 0 saturated heterocycles. The maximum Gasteiger partial charge on any atom is 0.00698 e. The molecule has 0 radical (unpaired) electrons. The van der Waals surface area contributed by atoms with Gasteiger partial charge in [0.2, 0.25) is 0 Å². The molecule has 1 nitrogen and oxygen atoms in total. The summed E-state index contributed by atoms with van der Waals surface area (Å²) in [7, 11) is 0. The molecule has 1 unspecified atom stereocenters. The van der Waals surface area contributed by atoms with Gasteiger partial charge >= 0.3 is 0 Å². The molecule has 0 bridgehead atoms. The highest BCUT2D eigenvalue weighted by atomic mass is 15.0. The van der Waals surface area contributed by atoms with Gasteiger partial charge in [0.25, 0.3) is 0 Å². The second kappa shape index (κ2) is 7.29. The fourth-order valence-electron chi connectivity index (χ4n) is 4.47. The van der Waals surface area contributed by atoms with Crippen molar-refractivity contribution in [2.45, 2.75) is 104 Å². The average molecular weight is 280 g/mol. The first-order valence-electron chi connectivity index (χ1n) is 9.29. The summed E-state index contributed by atoms with van der Waals surface area (Å²) < 4.78 is 0. The van der Waals surface area contributed by atoms with Gasteiger partial charge in [0.05, 0.1) is 0 Å². The summed E-state index contributed by atoms with van der Waals surface area (Å²) in [5, 5.41) is 3.98. The van der Waals surface area contributed by atoms with Crippen LogP contribution in [0.15, 0.2) is 0 Å². The van der Waals surface area contributed by atoms with Crippen LogP contribution in [0.5, 0.6) is 0 Å². The molecule has 2 fully saturated rings. The van der Waals surface area contributed by atoms with Crippen molar-refractivity contribution in [2.24, 2.45) is 17.3 Å². The minimum Gasteiger partial charge on any atom is -0.311 e. The first-order valence-corrected chi connectivity index (χ1v) is 9.29. The van der Waals surface area contributed by atoms with E-state index in [2.05, 4.69) is 33.0 Å². The van der Waals surface area contributed by atoms with Gasteiger partial charge in [-0.3, -0.25) is 0 Å². The smallest absolute Gasteiger partial charge is 0.00698 e. The zero-order valence-electron chi connectivity index (χ0n) is 14.4. The van der Waals surface area contributed by atoms with E-state index >= 15 is 0 Å². The molecule has 0 spiro atoms. The van der Waals surface area contributed by atoms with Crippen LogP contribution in [0, 0.1) is 17.3 Å². The fraction of sp³-hybridized carbons (Fsp3) is 1.00. The summed E-state index contributed by atoms with van der Waals surface area (Å²) in [5.74, 6) is 1.91. The Morgan fingerprint density at radius 3 is 2.10 bits per heavy atom. The van der Waals surface area contributed by atoms with Gasteiger partial charge < -0.3 is 5.32 Å². The second-order valence-corrected chi connectivity index (χ2v) is 8.24. The zero-order chi connectivity index (χ0) is 14.6. The Morgan fingerprint density at radius 2 is 1.55 bits per heavy atom. The van der Waals surface area contributed by atoms with Crippen molar-refractivity contribution < 1.29 is 0 Å². The Hall–Kier alpha value is -0.0400. The first kappa shape index (κ1) is 16.3. The highest BCUT2D eigenvalue weighted by molar-refractivity contribution is 4.87. The lowest BCUT2D eigenvalue weighted by atomic mass is 9.69. The molecule has 2 rings (SSSR count). The topological polar surface area (TPSA) is 12.0 Å². The van der Waals surface area contributed by atoms with E-state index in [1.165, 1.54) is 64.2 Å². The Labute approximate surface area is 127 Å². The van der Waals surface area contributed by atoms with Crippen molar-refractivity contribution in [1.29, 1.82) is 0 Å². The van der Waals surface area contributed by atoms with Crippen LogP contribution in [-0.2, 0) is 0 Å². The molecule has 1 N–H and O–H groups in total. The molecule has 0 amide bonds. The van der Waals surface area contributed by atoms with Gasteiger partial charge in [-0.05, 0) is 62.7 Å². The van der Waals surface area contributed by atoms with Crippen LogP contribution in [-0.4, -0.2) is 12.1 Å². The summed E-state index contributed by atoms with van der Waals surface area (Å²) >= 11 is 0. The van der Waals surface area contributed by atoms with Crippen molar-refractivity contribution in [2.75, 3.05) is 0 Å². The Bertz CT molecular complexity index is 269. The lowest BCUT2D eigenvalue weighted by Crippen LogP contribution is -2.44. The van der Waals surface area contributed by atoms with E-state index in [4.69, 9.17) is 0 Å². The van der Waals surface area contributed by atoms with E-state index < -0.39 is 0 Å². The SMILES string of the molecule is CCC(C)(C)C1CCC(NC(C)C2CCCCC2)CC1. The summed E-state index contributed by atoms with van der Waals surface area (Å²) in [6.07, 6.45) is 14.4. The Balaban J connectivity index is 1.73. The summed E-state index contributed by atoms with van der Waals surface area (Å²) in [5.41, 5.74) is 0.556. The van der Waals surface area contributed by atoms with Crippen LogP contribution in [0.4, 0.5) is 0 Å². The van der Waals surface area contributed by atoms with E-state index in [0.717, 1.165) is 23.9 Å². The van der Waals surface area contributed by atoms with Gasteiger partial charge in [0, 0.05) is 12.1 Å². The predicted molar refractivity (Wildman–Crippen MR) is 89.0 cm³/mol. The molecule has 0 aliphatic heterocycles. The maximum absolute atomic E-state index is 3.98. The molecule has 0 heterocycles. The molecule has 1 atom stereocenters. The van der Waals surface area contributed by atoms with Crippen LogP contribution in [0.1, 0.15) is 91.9 Å². The third kappa shape index (κ3) is 4.23. The number of hydrogen-bond donors (Lipinski definition) is 1. The molecule has 1 heteroatoms. The van der Waals surface area contributed by atoms with Crippen LogP contribution in [0.3, 0.4) is 0 Å². The Kier molecular flexibility index (Phi) is 5.95. The standard InChI is InChI=1S/C19H37N/c1-5-19(3,4)17-11-13-18(14-12-17)20-15(2)16-9-7-6-8-10-16/h15-18,20H,5-14H2,1-4H3. The number of nitrogens with one attached hydrogen (secondary N) is 1. The molecule has 0 aromatic rings. The third-order valence-corrected chi connectivity index (χ3v) is 6.60. The van der Waals surface area contributed by atoms with Crippen LogP contribution in [0.2, 0.25) is 0 Å². The molecule has 0 aromatic carbocycles. The average Bonchev–Trinajstić information content (AvgIpc) is 2.48. The normalized spacial score (nSPS) is 31.2. The lowest BCUT2D eigenvalue weighted by molar-refractivity contribution is 0.129. The summed E-state index contributed by atoms with van der Waals surface area (Å²) in [4.78, 5) is 0. The molecule has 2 saturated carbocycles. The molecular weight excluding hydrogens is 242 g/mol. The molecule has 2 aliphatic carbocycles. The van der Waals surface area contributed by atoms with Crippen LogP contribution in [0.25, 0.3) is 0 Å². The maximum atomic E-state index is 3.98. The van der Waals surface area contributed by atoms with Crippen LogP contribution >= 0.6 is 0 Å². The number of rotatable bonds is 5. The summed E-state index contributed by atoms with van der Waals surface area (Å²) in [6.45, 7) is 9.74. The van der Waals surface area contributed by atoms with Gasteiger partial charge in [0.15, 0.2) is 0 Å². The monoisotopic (exact) mass is 279 g/mol. The minimum absolute atomic E-state index is 0.556. The van der Waals surface area contributed by atoms with Gasteiger partial charge in [0.1, 0.15) is 0 Å². The van der Waals surface area contributed by atoms with Gasteiger partial charge in [-0.15, -0.1) is 0 Å². The molecular formula is C19H37N. The highest BCUT2D eigenvalue weighted by Crippen LogP contribution is 2.40. The molecule has 0 aromatic heterocycles. The van der Waals surface area contributed by atoms with Crippen LogP contribution < -0.4 is 5.32 Å². The molecule has 20 heavy (non-hydrogen) atoms. The lowest BCUT2D eigenvalue weighted by Gasteiger charge is -2.40. The fourth-order valence-corrected chi connectivity index (χ4v) is 4.47. The zero-order valence-corrected chi connectivity index (χ0v) is 14.4. The highest BCUT2D eigenvalue weighted by Gasteiger charge is 2.32. The number of hydrogen-bond acceptors (Lipinski definition) is 1. The first-order chi connectivity index (χ1) is 9.53. The van der Waals surface area contributed by atoms with Gasteiger partial charge in [-0.25, -0.2) is 0 Å². The van der Waals surface area contributed by atoms with E-state index in [-0.39, 0.29) is 0 Å². The largest absolute Gasteiger partial charge is 0.311 e. The van der Waals surface area contributed by atoms with E-state index in [1.54, 1.807) is 0 Å².